The molecule has 1 atom stereocenters. The molecule has 2 aromatic rings. The Labute approximate surface area is 142 Å². The summed E-state index contributed by atoms with van der Waals surface area (Å²) >= 11 is 0.823. The highest BCUT2D eigenvalue weighted by Gasteiger charge is 2.30. The molecule has 25 heavy (non-hydrogen) atoms. The number of rotatable bonds is 4. The first-order valence-electron chi connectivity index (χ1n) is 6.74. The molecule has 1 heterocycles. The second-order valence-electron chi connectivity index (χ2n) is 4.86. The molecule has 0 aliphatic heterocycles. The van der Waals surface area contributed by atoms with Crippen LogP contribution in [0.4, 0.5) is 32.0 Å². The number of carbonyl (C=O) groups excluding carboxylic acids is 1. The summed E-state index contributed by atoms with van der Waals surface area (Å²) in [5, 5.41) is 1.35. The predicted octanol–water partition coefficient (Wildman–Crippen LogP) is 4.64. The maximum Gasteiger partial charge on any atom is 0.417 e. The van der Waals surface area contributed by atoms with Gasteiger partial charge in [0, 0.05) is 6.20 Å². The molecule has 1 amide bonds. The lowest BCUT2D eigenvalue weighted by Crippen LogP contribution is -2.23. The van der Waals surface area contributed by atoms with Gasteiger partial charge in [-0.1, -0.05) is 11.8 Å². The van der Waals surface area contributed by atoms with Gasteiger partial charge in [-0.2, -0.15) is 13.2 Å². The fraction of sp³-hybridized carbons (Fsp3) is 0.200. The molecule has 0 spiro atoms. The lowest BCUT2D eigenvalue weighted by Gasteiger charge is -2.13. The van der Waals surface area contributed by atoms with Crippen molar-refractivity contribution in [3.8, 4) is 0 Å². The molecule has 0 saturated heterocycles. The van der Waals surface area contributed by atoms with Gasteiger partial charge in [0.15, 0.2) is 17.5 Å². The van der Waals surface area contributed by atoms with Crippen molar-refractivity contribution in [1.29, 1.82) is 0 Å². The van der Waals surface area contributed by atoms with Crippen LogP contribution < -0.4 is 5.32 Å². The Kier molecular flexibility index (Phi) is 5.61. The highest BCUT2D eigenvalue weighted by atomic mass is 32.2. The Bertz CT molecular complexity index is 779. The topological polar surface area (TPSA) is 42.0 Å². The van der Waals surface area contributed by atoms with Crippen molar-refractivity contribution < 1.29 is 31.1 Å². The fourth-order valence-electron chi connectivity index (χ4n) is 1.71. The third-order valence-corrected chi connectivity index (χ3v) is 4.07. The molecule has 1 N–H and O–H groups in total. The first kappa shape index (κ1) is 19.1. The highest BCUT2D eigenvalue weighted by Crippen LogP contribution is 2.30. The highest BCUT2D eigenvalue weighted by molar-refractivity contribution is 8.00. The normalized spacial score (nSPS) is 12.8. The largest absolute Gasteiger partial charge is 0.417 e. The molecule has 0 radical (unpaired) electrons. The zero-order chi connectivity index (χ0) is 18.8. The van der Waals surface area contributed by atoms with Gasteiger partial charge in [-0.3, -0.25) is 4.79 Å². The number of pyridine rings is 1. The number of halogens is 6. The van der Waals surface area contributed by atoms with Crippen molar-refractivity contribution in [2.45, 2.75) is 23.4 Å². The predicted molar refractivity (Wildman–Crippen MR) is 79.5 cm³/mol. The first-order chi connectivity index (χ1) is 11.6. The number of aromatic nitrogens is 1. The number of carbonyl (C=O) groups is 1. The Balaban J connectivity index is 2.04. The van der Waals surface area contributed by atoms with Crippen LogP contribution in [-0.2, 0) is 11.0 Å². The van der Waals surface area contributed by atoms with E-state index in [1.807, 2.05) is 0 Å². The second kappa shape index (κ2) is 7.34. The average molecular weight is 380 g/mol. The molecule has 0 saturated carbocycles. The summed E-state index contributed by atoms with van der Waals surface area (Å²) in [5.74, 6) is -5.41. The van der Waals surface area contributed by atoms with Crippen LogP contribution in [0.1, 0.15) is 12.5 Å². The zero-order valence-electron chi connectivity index (χ0n) is 12.5. The van der Waals surface area contributed by atoms with E-state index in [2.05, 4.69) is 10.3 Å². The molecule has 134 valence electrons. The number of hydrogen-bond acceptors (Lipinski definition) is 3. The molecule has 0 fully saturated rings. The van der Waals surface area contributed by atoms with Gasteiger partial charge in [-0.05, 0) is 31.2 Å². The molecule has 0 aliphatic carbocycles. The molecule has 1 aromatic carbocycles. The second-order valence-corrected chi connectivity index (χ2v) is 6.22. The Morgan fingerprint density at radius 1 is 1.12 bits per heavy atom. The van der Waals surface area contributed by atoms with E-state index in [0.29, 0.717) is 12.3 Å². The van der Waals surface area contributed by atoms with Crippen LogP contribution >= 0.6 is 11.8 Å². The van der Waals surface area contributed by atoms with E-state index in [4.69, 9.17) is 0 Å². The number of thioether (sulfide) groups is 1. The summed E-state index contributed by atoms with van der Waals surface area (Å²) in [5.41, 5.74) is -1.48. The number of hydrogen-bond donors (Lipinski definition) is 1. The van der Waals surface area contributed by atoms with Gasteiger partial charge in [-0.15, -0.1) is 0 Å². The molecule has 10 heteroatoms. The van der Waals surface area contributed by atoms with Crippen molar-refractivity contribution in [1.82, 2.24) is 4.98 Å². The van der Waals surface area contributed by atoms with Gasteiger partial charge in [0.25, 0.3) is 0 Å². The third-order valence-electron chi connectivity index (χ3n) is 3.02. The number of nitrogens with zero attached hydrogens (tertiary/aromatic N) is 1. The average Bonchev–Trinajstić information content (AvgIpc) is 2.55. The van der Waals surface area contributed by atoms with Crippen LogP contribution in [0.5, 0.6) is 0 Å². The van der Waals surface area contributed by atoms with Crippen molar-refractivity contribution >= 4 is 23.4 Å². The van der Waals surface area contributed by atoms with Gasteiger partial charge in [0.1, 0.15) is 0 Å². The van der Waals surface area contributed by atoms with E-state index in [0.717, 1.165) is 30.0 Å². The van der Waals surface area contributed by atoms with Crippen LogP contribution in [0.25, 0.3) is 0 Å². The van der Waals surface area contributed by atoms with Crippen LogP contribution in [-0.4, -0.2) is 16.1 Å². The summed E-state index contributed by atoms with van der Waals surface area (Å²) in [6.07, 6.45) is -3.90. The van der Waals surface area contributed by atoms with Crippen LogP contribution in [0.15, 0.2) is 35.5 Å². The summed E-state index contributed by atoms with van der Waals surface area (Å²) in [6, 6.07) is 3.42. The van der Waals surface area contributed by atoms with Crippen molar-refractivity contribution in [3.63, 3.8) is 0 Å². The molecular formula is C15H10F6N2OS. The van der Waals surface area contributed by atoms with Crippen molar-refractivity contribution in [3.05, 3.63) is 53.5 Å². The van der Waals surface area contributed by atoms with E-state index in [-0.39, 0.29) is 5.03 Å². The number of nitrogens with one attached hydrogen (secondary N) is 1. The molecule has 0 aliphatic rings. The zero-order valence-corrected chi connectivity index (χ0v) is 13.3. The standard InChI is InChI=1S/C15H10F6N2OS/c1-7(25-11-5-2-8(6-22-11)15(19,20)21)14(24)23-10-4-3-9(16)12(17)13(10)18/h2-7H,1H3,(H,23,24). The van der Waals surface area contributed by atoms with E-state index in [1.54, 1.807) is 0 Å². The lowest BCUT2D eigenvalue weighted by molar-refractivity contribution is -0.137. The number of benzene rings is 1. The van der Waals surface area contributed by atoms with E-state index >= 15 is 0 Å². The van der Waals surface area contributed by atoms with Crippen molar-refractivity contribution in [2.75, 3.05) is 5.32 Å². The quantitative estimate of drug-likeness (QED) is 0.478. The molecule has 0 bridgehead atoms. The Hall–Kier alpha value is -2.23. The van der Waals surface area contributed by atoms with Gasteiger partial charge >= 0.3 is 6.18 Å². The van der Waals surface area contributed by atoms with Crippen LogP contribution in [0.3, 0.4) is 0 Å². The summed E-state index contributed by atoms with van der Waals surface area (Å²) < 4.78 is 76.8. The van der Waals surface area contributed by atoms with E-state index < -0.39 is 46.0 Å². The van der Waals surface area contributed by atoms with Crippen molar-refractivity contribution in [2.24, 2.45) is 0 Å². The number of anilines is 1. The van der Waals surface area contributed by atoms with Gasteiger partial charge in [0.2, 0.25) is 5.91 Å². The minimum Gasteiger partial charge on any atom is -0.323 e. The number of amides is 1. The maximum absolute atomic E-state index is 13.5. The van der Waals surface area contributed by atoms with Gasteiger partial charge < -0.3 is 5.32 Å². The van der Waals surface area contributed by atoms with Gasteiger partial charge in [-0.25, -0.2) is 18.2 Å². The molecule has 3 nitrogen and oxygen atoms in total. The van der Waals surface area contributed by atoms with E-state index in [1.165, 1.54) is 6.92 Å². The summed E-state index contributed by atoms with van der Waals surface area (Å²) in [4.78, 5) is 15.6. The minimum atomic E-state index is -4.52. The molecule has 1 unspecified atom stereocenters. The summed E-state index contributed by atoms with van der Waals surface area (Å²) in [7, 11) is 0. The number of alkyl halides is 3. The minimum absolute atomic E-state index is 0.140. The first-order valence-corrected chi connectivity index (χ1v) is 7.62. The fourth-order valence-corrected chi connectivity index (χ4v) is 2.50. The van der Waals surface area contributed by atoms with Crippen LogP contribution in [0.2, 0.25) is 0 Å². The Morgan fingerprint density at radius 3 is 2.36 bits per heavy atom. The maximum atomic E-state index is 13.5. The van der Waals surface area contributed by atoms with Gasteiger partial charge in [0.05, 0.1) is 21.5 Å². The molecular weight excluding hydrogens is 370 g/mol. The van der Waals surface area contributed by atoms with Crippen LogP contribution in [0, 0.1) is 17.5 Å². The monoisotopic (exact) mass is 380 g/mol. The van der Waals surface area contributed by atoms with E-state index in [9.17, 15) is 31.1 Å². The Morgan fingerprint density at radius 2 is 1.80 bits per heavy atom. The smallest absolute Gasteiger partial charge is 0.323 e. The molecule has 2 rings (SSSR count). The third kappa shape index (κ3) is 4.65. The SMILES string of the molecule is CC(Sc1ccc(C(F)(F)F)cn1)C(=O)Nc1ccc(F)c(F)c1F. The molecule has 1 aromatic heterocycles. The summed E-state index contributed by atoms with van der Waals surface area (Å²) in [6.45, 7) is 1.40. The lowest BCUT2D eigenvalue weighted by atomic mass is 10.2.